The second-order valence-corrected chi connectivity index (χ2v) is 10.1. The molecule has 0 spiro atoms. The summed E-state index contributed by atoms with van der Waals surface area (Å²) in [6.07, 6.45) is 2.98. The van der Waals surface area contributed by atoms with Crippen LogP contribution in [0.4, 0.5) is 22.0 Å². The number of fused-ring (bicyclic) bond motifs is 1. The first kappa shape index (κ1) is 27.8. The fourth-order valence-electron chi connectivity index (χ4n) is 5.33. The number of rotatable bonds is 6. The Morgan fingerprint density at radius 3 is 2.50 bits per heavy atom. The van der Waals surface area contributed by atoms with Crippen LogP contribution in [0.1, 0.15) is 44.2 Å². The molecule has 1 heterocycles. The monoisotopic (exact) mass is 540 g/mol. The van der Waals surface area contributed by atoms with E-state index in [0.29, 0.717) is 6.42 Å². The third kappa shape index (κ3) is 5.19. The summed E-state index contributed by atoms with van der Waals surface area (Å²) in [5.41, 5.74) is -0.142. The Hall–Kier alpha value is -3.24. The zero-order chi connectivity index (χ0) is 27.7. The minimum Gasteiger partial charge on any atom is -0.468 e. The summed E-state index contributed by atoms with van der Waals surface area (Å²) in [5, 5.41) is 0. The number of esters is 1. The van der Waals surface area contributed by atoms with E-state index in [2.05, 4.69) is 9.73 Å². The van der Waals surface area contributed by atoms with Crippen LogP contribution in [-0.2, 0) is 19.1 Å². The number of carbonyl (C=O) groups is 2. The maximum Gasteiger partial charge on any atom is 0.456 e. The normalized spacial score (nSPS) is 28.4. The highest BCUT2D eigenvalue weighted by atomic mass is 19.4. The quantitative estimate of drug-likeness (QED) is 0.347. The number of hydrogen-bond donors (Lipinski definition) is 0. The Balaban J connectivity index is 1.60. The van der Waals surface area contributed by atoms with Crippen molar-refractivity contribution in [1.29, 1.82) is 0 Å². The number of allylic oxidation sites excluding steroid dienone is 3. The number of halogens is 5. The van der Waals surface area contributed by atoms with Gasteiger partial charge in [0.1, 0.15) is 0 Å². The first-order valence-electron chi connectivity index (χ1n) is 12.3. The number of ether oxygens (including phenoxy) is 2. The highest BCUT2D eigenvalue weighted by Crippen LogP contribution is 2.48. The highest BCUT2D eigenvalue weighted by molar-refractivity contribution is 6.00. The average Bonchev–Trinajstić information content (AvgIpc) is 2.89. The molecule has 1 amide bonds. The van der Waals surface area contributed by atoms with Crippen molar-refractivity contribution in [3.8, 4) is 0 Å². The molecule has 1 aliphatic heterocycles. The standard InChI is InChI=1S/C27H29F5N2O4/c1-25-14-13-19(22(35)38-16-26(28,29)27(30,31)32)15-20(25)33-24(37-2)34(23(25)36)21(17-9-5-3-6-10-17)18-11-7-4-8-12-18/h3-11,18-21H,12-16H2,1-2H3. The maximum absolute atomic E-state index is 14.1. The summed E-state index contributed by atoms with van der Waals surface area (Å²) >= 11 is 0. The van der Waals surface area contributed by atoms with Gasteiger partial charge in [0, 0.05) is 5.92 Å². The lowest BCUT2D eigenvalue weighted by molar-refractivity contribution is -0.294. The van der Waals surface area contributed by atoms with Crippen LogP contribution in [-0.4, -0.2) is 54.7 Å². The zero-order valence-electron chi connectivity index (χ0n) is 21.0. The van der Waals surface area contributed by atoms with Crippen molar-refractivity contribution < 1.29 is 41.0 Å². The Morgan fingerprint density at radius 1 is 1.18 bits per heavy atom. The number of methoxy groups -OCH3 is 1. The lowest BCUT2D eigenvalue weighted by Gasteiger charge is -2.49. The van der Waals surface area contributed by atoms with E-state index in [-0.39, 0.29) is 37.1 Å². The van der Waals surface area contributed by atoms with E-state index < -0.39 is 48.1 Å². The summed E-state index contributed by atoms with van der Waals surface area (Å²) < 4.78 is 73.8. The SMILES string of the molecule is COC1=NC2CC(C(=O)OCC(F)(F)C(F)(F)F)CCC2(C)C(=O)N1C(c1ccccc1)C1C=CC=CC1. The first-order valence-corrected chi connectivity index (χ1v) is 12.3. The molecule has 2 aliphatic carbocycles. The molecule has 0 bridgehead atoms. The van der Waals surface area contributed by atoms with Gasteiger partial charge in [0.2, 0.25) is 5.91 Å². The Kier molecular flexibility index (Phi) is 7.67. The molecule has 206 valence electrons. The smallest absolute Gasteiger partial charge is 0.456 e. The third-order valence-electron chi connectivity index (χ3n) is 7.60. The van der Waals surface area contributed by atoms with Crippen LogP contribution in [0, 0.1) is 17.3 Å². The average molecular weight is 541 g/mol. The van der Waals surface area contributed by atoms with Crippen LogP contribution in [0.25, 0.3) is 0 Å². The van der Waals surface area contributed by atoms with Crippen LogP contribution >= 0.6 is 0 Å². The van der Waals surface area contributed by atoms with Gasteiger partial charge in [0.05, 0.1) is 30.5 Å². The fourth-order valence-corrected chi connectivity index (χ4v) is 5.33. The van der Waals surface area contributed by atoms with E-state index >= 15 is 0 Å². The number of hydrogen-bond acceptors (Lipinski definition) is 5. The Morgan fingerprint density at radius 2 is 1.89 bits per heavy atom. The third-order valence-corrected chi connectivity index (χ3v) is 7.60. The highest BCUT2D eigenvalue weighted by Gasteiger charge is 2.59. The van der Waals surface area contributed by atoms with E-state index in [4.69, 9.17) is 4.74 Å². The number of benzene rings is 1. The maximum atomic E-state index is 14.1. The molecule has 4 rings (SSSR count). The van der Waals surface area contributed by atoms with Gasteiger partial charge in [0.25, 0.3) is 6.02 Å². The molecule has 1 aromatic rings. The van der Waals surface area contributed by atoms with Crippen LogP contribution in [0.3, 0.4) is 0 Å². The summed E-state index contributed by atoms with van der Waals surface area (Å²) in [5.74, 6) is -7.60. The van der Waals surface area contributed by atoms with Crippen molar-refractivity contribution in [1.82, 2.24) is 4.90 Å². The number of nitrogens with zero attached hydrogens (tertiary/aromatic N) is 2. The van der Waals surface area contributed by atoms with Crippen molar-refractivity contribution in [3.63, 3.8) is 0 Å². The van der Waals surface area contributed by atoms with E-state index in [1.165, 1.54) is 7.11 Å². The van der Waals surface area contributed by atoms with Crippen molar-refractivity contribution in [3.05, 3.63) is 60.2 Å². The Labute approximate surface area is 217 Å². The van der Waals surface area contributed by atoms with Crippen molar-refractivity contribution >= 4 is 17.9 Å². The minimum atomic E-state index is -5.83. The van der Waals surface area contributed by atoms with Crippen molar-refractivity contribution in [2.24, 2.45) is 22.2 Å². The van der Waals surface area contributed by atoms with Crippen LogP contribution in [0.15, 0.2) is 59.6 Å². The number of alkyl halides is 5. The molecule has 5 atom stereocenters. The molecule has 6 nitrogen and oxygen atoms in total. The van der Waals surface area contributed by atoms with Gasteiger partial charge in [-0.1, -0.05) is 54.6 Å². The van der Waals surface area contributed by atoms with E-state index in [9.17, 15) is 31.5 Å². The molecule has 0 radical (unpaired) electrons. The molecule has 5 unspecified atom stereocenters. The van der Waals surface area contributed by atoms with Gasteiger partial charge in [-0.15, -0.1) is 0 Å². The van der Waals surface area contributed by atoms with Crippen LogP contribution in [0.5, 0.6) is 0 Å². The van der Waals surface area contributed by atoms with Gasteiger partial charge in [0.15, 0.2) is 6.61 Å². The number of aliphatic imine (C=N–C) groups is 1. The van der Waals surface area contributed by atoms with Crippen molar-refractivity contribution in [2.75, 3.05) is 13.7 Å². The van der Waals surface area contributed by atoms with Gasteiger partial charge in [-0.05, 0) is 38.2 Å². The predicted octanol–water partition coefficient (Wildman–Crippen LogP) is 5.62. The first-order chi connectivity index (χ1) is 17.9. The summed E-state index contributed by atoms with van der Waals surface area (Å²) in [7, 11) is 1.38. The second-order valence-electron chi connectivity index (χ2n) is 10.1. The molecular formula is C27H29F5N2O4. The lowest BCUT2D eigenvalue weighted by atomic mass is 9.66. The predicted molar refractivity (Wildman–Crippen MR) is 128 cm³/mol. The van der Waals surface area contributed by atoms with Gasteiger partial charge in [-0.2, -0.15) is 22.0 Å². The lowest BCUT2D eigenvalue weighted by Crippen LogP contribution is -2.59. The molecule has 11 heteroatoms. The molecule has 1 fully saturated rings. The molecule has 0 saturated heterocycles. The summed E-state index contributed by atoms with van der Waals surface area (Å²) in [6.45, 7) is -0.351. The fraction of sp³-hybridized carbons (Fsp3) is 0.519. The molecule has 3 aliphatic rings. The number of carbonyl (C=O) groups excluding carboxylic acids is 2. The summed E-state index contributed by atoms with van der Waals surface area (Å²) in [4.78, 5) is 32.8. The number of amides is 1. The topological polar surface area (TPSA) is 68.2 Å². The zero-order valence-corrected chi connectivity index (χ0v) is 21.0. The van der Waals surface area contributed by atoms with E-state index in [1.807, 2.05) is 54.6 Å². The second kappa shape index (κ2) is 10.5. The van der Waals surface area contributed by atoms with Gasteiger partial charge >= 0.3 is 18.1 Å². The number of amidine groups is 1. The summed E-state index contributed by atoms with van der Waals surface area (Å²) in [6, 6.07) is 8.39. The molecule has 38 heavy (non-hydrogen) atoms. The molecule has 0 aromatic heterocycles. The molecular weight excluding hydrogens is 511 g/mol. The van der Waals surface area contributed by atoms with Crippen LogP contribution in [0.2, 0.25) is 0 Å². The van der Waals surface area contributed by atoms with Crippen LogP contribution < -0.4 is 0 Å². The molecule has 0 N–H and O–H groups in total. The largest absolute Gasteiger partial charge is 0.468 e. The van der Waals surface area contributed by atoms with E-state index in [1.54, 1.807) is 11.8 Å². The van der Waals surface area contributed by atoms with Gasteiger partial charge in [-0.25, -0.2) is 4.99 Å². The Bertz CT molecular complexity index is 1130. The van der Waals surface area contributed by atoms with Crippen molar-refractivity contribution in [2.45, 2.75) is 56.8 Å². The van der Waals surface area contributed by atoms with Gasteiger partial charge < -0.3 is 9.47 Å². The van der Waals surface area contributed by atoms with Gasteiger partial charge in [-0.3, -0.25) is 14.5 Å². The van der Waals surface area contributed by atoms with E-state index in [0.717, 1.165) is 5.56 Å². The molecule has 1 aromatic carbocycles. The minimum absolute atomic E-state index is 0.0402. The molecule has 1 saturated carbocycles.